The van der Waals surface area contributed by atoms with E-state index in [-0.39, 0.29) is 17.7 Å². The summed E-state index contributed by atoms with van der Waals surface area (Å²) in [5, 5.41) is 3.41. The molecule has 0 spiro atoms. The lowest BCUT2D eigenvalue weighted by Crippen LogP contribution is -2.39. The molecule has 1 aromatic rings. The molecule has 0 aliphatic carbocycles. The Bertz CT molecular complexity index is 461. The molecule has 21 heavy (non-hydrogen) atoms. The van der Waals surface area contributed by atoms with Gasteiger partial charge in [0.1, 0.15) is 5.75 Å². The van der Waals surface area contributed by atoms with Crippen molar-refractivity contribution < 1.29 is 14.3 Å². The van der Waals surface area contributed by atoms with Crippen LogP contribution < -0.4 is 10.1 Å². The lowest BCUT2D eigenvalue weighted by atomic mass is 9.92. The molecular weight excluding hydrogens is 266 g/mol. The molecule has 1 heterocycles. The van der Waals surface area contributed by atoms with Gasteiger partial charge in [0.25, 0.3) is 0 Å². The van der Waals surface area contributed by atoms with E-state index in [1.54, 1.807) is 0 Å². The average Bonchev–Trinajstić information content (AvgIpc) is 2.99. The number of benzene rings is 1. The standard InChI is InChI=1S/C17H25NO3/c1-3-9-18-15-12-20-11-14(15)17(19)13-7-5-6-8-16(13)21-10-4-2/h5-8,14-15,18H,3-4,9-12H2,1-2H3. The van der Waals surface area contributed by atoms with Crippen molar-refractivity contribution in [2.45, 2.75) is 32.7 Å². The molecule has 2 atom stereocenters. The van der Waals surface area contributed by atoms with Gasteiger partial charge in [0, 0.05) is 6.04 Å². The van der Waals surface area contributed by atoms with Crippen molar-refractivity contribution in [3.8, 4) is 5.75 Å². The van der Waals surface area contributed by atoms with E-state index in [0.717, 1.165) is 19.4 Å². The maximum Gasteiger partial charge on any atom is 0.173 e. The average molecular weight is 291 g/mol. The molecule has 1 aromatic carbocycles. The van der Waals surface area contributed by atoms with Crippen molar-refractivity contribution in [3.63, 3.8) is 0 Å². The third kappa shape index (κ3) is 4.05. The predicted molar refractivity (Wildman–Crippen MR) is 82.9 cm³/mol. The number of ketones is 1. The fourth-order valence-electron chi connectivity index (χ4n) is 2.55. The first-order chi connectivity index (χ1) is 10.3. The normalized spacial score (nSPS) is 21.4. The summed E-state index contributed by atoms with van der Waals surface area (Å²) in [7, 11) is 0. The second kappa shape index (κ2) is 8.15. The molecule has 0 radical (unpaired) electrons. The molecule has 1 aliphatic rings. The van der Waals surface area contributed by atoms with Crippen LogP contribution in [0.4, 0.5) is 0 Å². The first-order valence-electron chi connectivity index (χ1n) is 7.85. The Hall–Kier alpha value is -1.39. The summed E-state index contributed by atoms with van der Waals surface area (Å²) < 4.78 is 11.2. The number of Topliss-reactive ketones (excluding diaryl/α,β-unsaturated/α-hetero) is 1. The van der Waals surface area contributed by atoms with Gasteiger partial charge in [-0.2, -0.15) is 0 Å². The highest BCUT2D eigenvalue weighted by molar-refractivity contribution is 6.01. The summed E-state index contributed by atoms with van der Waals surface area (Å²) in [4.78, 5) is 12.8. The molecule has 1 aliphatic heterocycles. The van der Waals surface area contributed by atoms with E-state index in [1.807, 2.05) is 24.3 Å². The van der Waals surface area contributed by atoms with E-state index in [2.05, 4.69) is 19.2 Å². The number of para-hydroxylation sites is 1. The van der Waals surface area contributed by atoms with E-state index in [4.69, 9.17) is 9.47 Å². The molecular formula is C17H25NO3. The monoisotopic (exact) mass is 291 g/mol. The number of carbonyl (C=O) groups excluding carboxylic acids is 1. The van der Waals surface area contributed by atoms with E-state index in [9.17, 15) is 4.79 Å². The largest absolute Gasteiger partial charge is 0.493 e. The molecule has 2 rings (SSSR count). The van der Waals surface area contributed by atoms with Crippen molar-refractivity contribution in [3.05, 3.63) is 29.8 Å². The minimum Gasteiger partial charge on any atom is -0.493 e. The Morgan fingerprint density at radius 2 is 2.10 bits per heavy atom. The van der Waals surface area contributed by atoms with E-state index >= 15 is 0 Å². The van der Waals surface area contributed by atoms with Gasteiger partial charge in [0.2, 0.25) is 0 Å². The summed E-state index contributed by atoms with van der Waals surface area (Å²) >= 11 is 0. The van der Waals surface area contributed by atoms with E-state index < -0.39 is 0 Å². The van der Waals surface area contributed by atoms with Gasteiger partial charge in [-0.05, 0) is 31.5 Å². The topological polar surface area (TPSA) is 47.6 Å². The van der Waals surface area contributed by atoms with Crippen molar-refractivity contribution >= 4 is 5.78 Å². The first-order valence-corrected chi connectivity index (χ1v) is 7.85. The highest BCUT2D eigenvalue weighted by Gasteiger charge is 2.35. The van der Waals surface area contributed by atoms with Crippen molar-refractivity contribution in [2.75, 3.05) is 26.4 Å². The van der Waals surface area contributed by atoms with Gasteiger partial charge in [0.15, 0.2) is 5.78 Å². The van der Waals surface area contributed by atoms with Crippen molar-refractivity contribution in [1.29, 1.82) is 0 Å². The van der Waals surface area contributed by atoms with Crippen LogP contribution >= 0.6 is 0 Å². The van der Waals surface area contributed by atoms with Crippen LogP contribution in [0.2, 0.25) is 0 Å². The lowest BCUT2D eigenvalue weighted by molar-refractivity contribution is 0.0887. The van der Waals surface area contributed by atoms with Crippen LogP contribution in [0.3, 0.4) is 0 Å². The third-order valence-corrected chi connectivity index (χ3v) is 3.69. The molecule has 0 aromatic heterocycles. The molecule has 4 heteroatoms. The Balaban J connectivity index is 2.11. The zero-order chi connectivity index (χ0) is 15.1. The number of hydrogen-bond donors (Lipinski definition) is 1. The third-order valence-electron chi connectivity index (χ3n) is 3.69. The quantitative estimate of drug-likeness (QED) is 0.748. The smallest absolute Gasteiger partial charge is 0.173 e. The van der Waals surface area contributed by atoms with Crippen LogP contribution in [-0.2, 0) is 4.74 Å². The maximum absolute atomic E-state index is 12.8. The molecule has 0 bridgehead atoms. The molecule has 116 valence electrons. The summed E-state index contributed by atoms with van der Waals surface area (Å²) in [5.41, 5.74) is 0.671. The fourth-order valence-corrected chi connectivity index (χ4v) is 2.55. The van der Waals surface area contributed by atoms with Crippen LogP contribution in [0.5, 0.6) is 5.75 Å². The molecule has 1 fully saturated rings. The lowest BCUT2D eigenvalue weighted by Gasteiger charge is -2.19. The highest BCUT2D eigenvalue weighted by Crippen LogP contribution is 2.25. The second-order valence-corrected chi connectivity index (χ2v) is 5.41. The second-order valence-electron chi connectivity index (χ2n) is 5.41. The minimum atomic E-state index is -0.122. The van der Waals surface area contributed by atoms with Gasteiger partial charge in [-0.25, -0.2) is 0 Å². The van der Waals surface area contributed by atoms with Crippen molar-refractivity contribution in [2.24, 2.45) is 5.92 Å². The molecule has 2 unspecified atom stereocenters. The van der Waals surface area contributed by atoms with E-state index in [1.165, 1.54) is 0 Å². The number of ether oxygens (including phenoxy) is 2. The van der Waals surface area contributed by atoms with Crippen LogP contribution in [-0.4, -0.2) is 38.2 Å². The number of nitrogens with one attached hydrogen (secondary N) is 1. The summed E-state index contributed by atoms with van der Waals surface area (Å²) in [6.45, 7) is 6.80. The van der Waals surface area contributed by atoms with Gasteiger partial charge in [0.05, 0.1) is 31.3 Å². The van der Waals surface area contributed by atoms with Gasteiger partial charge in [-0.1, -0.05) is 26.0 Å². The van der Waals surface area contributed by atoms with Crippen LogP contribution in [0.1, 0.15) is 37.0 Å². The van der Waals surface area contributed by atoms with Crippen molar-refractivity contribution in [1.82, 2.24) is 5.32 Å². The Morgan fingerprint density at radius 3 is 2.86 bits per heavy atom. The molecule has 0 amide bonds. The van der Waals surface area contributed by atoms with E-state index in [0.29, 0.717) is 31.1 Å². The maximum atomic E-state index is 12.8. The molecule has 0 saturated carbocycles. The highest BCUT2D eigenvalue weighted by atomic mass is 16.5. The van der Waals surface area contributed by atoms with Crippen LogP contribution in [0, 0.1) is 5.92 Å². The Kier molecular flexibility index (Phi) is 6.21. The first kappa shape index (κ1) is 16.0. The van der Waals surface area contributed by atoms with Crippen LogP contribution in [0.15, 0.2) is 24.3 Å². The number of rotatable bonds is 8. The summed E-state index contributed by atoms with van der Waals surface area (Å²) in [6.07, 6.45) is 1.98. The number of hydrogen-bond acceptors (Lipinski definition) is 4. The SMILES string of the molecule is CCCNC1COCC1C(=O)c1ccccc1OCCC. The summed E-state index contributed by atoms with van der Waals surface area (Å²) in [6, 6.07) is 7.61. The molecule has 4 nitrogen and oxygen atoms in total. The van der Waals surface area contributed by atoms with Gasteiger partial charge in [-0.15, -0.1) is 0 Å². The van der Waals surface area contributed by atoms with Gasteiger partial charge >= 0.3 is 0 Å². The number of carbonyl (C=O) groups is 1. The van der Waals surface area contributed by atoms with Crippen LogP contribution in [0.25, 0.3) is 0 Å². The Labute approximate surface area is 126 Å². The fraction of sp³-hybridized carbons (Fsp3) is 0.588. The molecule has 1 N–H and O–H groups in total. The van der Waals surface area contributed by atoms with Gasteiger partial charge in [-0.3, -0.25) is 4.79 Å². The van der Waals surface area contributed by atoms with Gasteiger partial charge < -0.3 is 14.8 Å². The molecule has 1 saturated heterocycles. The minimum absolute atomic E-state index is 0.108. The predicted octanol–water partition coefficient (Wildman–Crippen LogP) is 2.67. The Morgan fingerprint density at radius 1 is 1.29 bits per heavy atom. The summed E-state index contributed by atoms with van der Waals surface area (Å²) in [5.74, 6) is 0.682. The zero-order valence-electron chi connectivity index (χ0n) is 12.9. The zero-order valence-corrected chi connectivity index (χ0v) is 12.9.